The van der Waals surface area contributed by atoms with Crippen molar-refractivity contribution in [3.05, 3.63) is 29.8 Å². The van der Waals surface area contributed by atoms with Crippen molar-refractivity contribution in [3.8, 4) is 0 Å². The van der Waals surface area contributed by atoms with E-state index >= 15 is 0 Å². The van der Waals surface area contributed by atoms with Crippen LogP contribution in [0.15, 0.2) is 24.3 Å². The summed E-state index contributed by atoms with van der Waals surface area (Å²) >= 11 is 0. The van der Waals surface area contributed by atoms with Crippen LogP contribution in [0.25, 0.3) is 0 Å². The van der Waals surface area contributed by atoms with E-state index in [0.717, 1.165) is 26.2 Å². The van der Waals surface area contributed by atoms with Crippen LogP contribution in [-0.4, -0.2) is 55.1 Å². The second-order valence-corrected chi connectivity index (χ2v) is 7.33. The number of carbonyl (C=O) groups excluding carboxylic acids is 1. The number of amides is 1. The highest BCUT2D eigenvalue weighted by Crippen LogP contribution is 2.18. The first-order valence-corrected chi connectivity index (χ1v) is 8.42. The molecule has 1 aromatic rings. The largest absolute Gasteiger partial charge is 0.369 e. The molecule has 0 saturated carbocycles. The number of carbonyl (C=O) groups is 1. The van der Waals surface area contributed by atoms with E-state index in [-0.39, 0.29) is 5.91 Å². The molecule has 1 heterocycles. The maximum atomic E-state index is 12.1. The zero-order valence-corrected chi connectivity index (χ0v) is 14.8. The minimum atomic E-state index is -0.397. The van der Waals surface area contributed by atoms with Crippen LogP contribution in [0.1, 0.15) is 38.1 Å². The molecule has 0 bridgehead atoms. The first-order valence-electron chi connectivity index (χ1n) is 8.42. The molecule has 1 aliphatic rings. The number of nitrogens with zero attached hydrogens (tertiary/aromatic N) is 2. The Balaban J connectivity index is 1.91. The van der Waals surface area contributed by atoms with Gasteiger partial charge in [0, 0.05) is 55.6 Å². The van der Waals surface area contributed by atoms with Crippen LogP contribution < -0.4 is 16.0 Å². The average molecular weight is 318 g/mol. The van der Waals surface area contributed by atoms with Gasteiger partial charge in [-0.15, -0.1) is 0 Å². The second-order valence-electron chi connectivity index (χ2n) is 7.33. The van der Waals surface area contributed by atoms with Crippen LogP contribution in [0, 0.1) is 0 Å². The normalized spacial score (nSPS) is 16.7. The Morgan fingerprint density at radius 2 is 1.74 bits per heavy atom. The van der Waals surface area contributed by atoms with E-state index in [1.807, 2.05) is 38.1 Å². The predicted octanol–water partition coefficient (Wildman–Crippen LogP) is 1.68. The summed E-state index contributed by atoms with van der Waals surface area (Å²) in [6.45, 7) is 13.0. The van der Waals surface area contributed by atoms with Crippen molar-refractivity contribution in [1.29, 1.82) is 0 Å². The molecular weight excluding hydrogens is 288 g/mol. The molecule has 1 aliphatic heterocycles. The fourth-order valence-corrected chi connectivity index (χ4v) is 2.73. The third kappa shape index (κ3) is 5.22. The smallest absolute Gasteiger partial charge is 0.251 e. The lowest BCUT2D eigenvalue weighted by Crippen LogP contribution is -2.48. The third-order valence-corrected chi connectivity index (χ3v) is 4.24. The van der Waals surface area contributed by atoms with Crippen molar-refractivity contribution in [1.82, 2.24) is 10.2 Å². The van der Waals surface area contributed by atoms with Crippen LogP contribution in [0.5, 0.6) is 0 Å². The fraction of sp³-hybridized carbons (Fsp3) is 0.611. The van der Waals surface area contributed by atoms with E-state index < -0.39 is 5.54 Å². The average Bonchev–Trinajstić information content (AvgIpc) is 2.52. The van der Waals surface area contributed by atoms with Gasteiger partial charge >= 0.3 is 0 Å². The molecule has 3 N–H and O–H groups in total. The molecule has 0 unspecified atom stereocenters. The highest BCUT2D eigenvalue weighted by Gasteiger charge is 2.19. The lowest BCUT2D eigenvalue weighted by atomic mass is 10.1. The summed E-state index contributed by atoms with van der Waals surface area (Å²) in [4.78, 5) is 17.0. The van der Waals surface area contributed by atoms with Gasteiger partial charge in [-0.05, 0) is 52.0 Å². The lowest BCUT2D eigenvalue weighted by molar-refractivity contribution is 0.0946. The summed E-state index contributed by atoms with van der Waals surface area (Å²) in [6, 6.07) is 8.46. The van der Waals surface area contributed by atoms with Gasteiger partial charge < -0.3 is 16.0 Å². The Hall–Kier alpha value is -1.59. The highest BCUT2D eigenvalue weighted by molar-refractivity contribution is 5.94. The summed E-state index contributed by atoms with van der Waals surface area (Å²) in [5.74, 6) is -0.0697. The molecule has 1 aromatic carbocycles. The number of piperazine rings is 1. The Labute approximate surface area is 139 Å². The van der Waals surface area contributed by atoms with Crippen molar-refractivity contribution < 1.29 is 4.79 Å². The minimum Gasteiger partial charge on any atom is -0.369 e. The van der Waals surface area contributed by atoms with Crippen molar-refractivity contribution in [2.75, 3.05) is 37.6 Å². The van der Waals surface area contributed by atoms with E-state index in [2.05, 4.69) is 29.0 Å². The molecule has 1 amide bonds. The van der Waals surface area contributed by atoms with Crippen LogP contribution in [0.2, 0.25) is 0 Å². The Bertz CT molecular complexity index is 511. The molecule has 0 atom stereocenters. The fourth-order valence-electron chi connectivity index (χ4n) is 2.73. The molecule has 1 fully saturated rings. The molecule has 128 valence electrons. The van der Waals surface area contributed by atoms with E-state index in [1.54, 1.807) is 0 Å². The maximum absolute atomic E-state index is 12.1. The molecule has 0 aromatic heterocycles. The first kappa shape index (κ1) is 17.8. The van der Waals surface area contributed by atoms with E-state index in [1.165, 1.54) is 5.69 Å². The maximum Gasteiger partial charge on any atom is 0.251 e. The number of nitrogens with one attached hydrogen (secondary N) is 1. The summed E-state index contributed by atoms with van der Waals surface area (Å²) in [5.41, 5.74) is 7.36. The molecule has 0 aliphatic carbocycles. The third-order valence-electron chi connectivity index (χ3n) is 4.24. The number of rotatable bonds is 5. The van der Waals surface area contributed by atoms with Gasteiger partial charge in [0.1, 0.15) is 0 Å². The zero-order chi connectivity index (χ0) is 17.0. The van der Waals surface area contributed by atoms with Gasteiger partial charge in [-0.25, -0.2) is 0 Å². The van der Waals surface area contributed by atoms with Gasteiger partial charge in [0.25, 0.3) is 5.91 Å². The van der Waals surface area contributed by atoms with Gasteiger partial charge in [-0.2, -0.15) is 0 Å². The summed E-state index contributed by atoms with van der Waals surface area (Å²) < 4.78 is 0. The number of benzene rings is 1. The number of anilines is 1. The Kier molecular flexibility index (Phi) is 5.65. The number of hydrogen-bond acceptors (Lipinski definition) is 4. The monoisotopic (exact) mass is 318 g/mol. The Morgan fingerprint density at radius 3 is 2.22 bits per heavy atom. The molecule has 0 spiro atoms. The summed E-state index contributed by atoms with van der Waals surface area (Å²) in [7, 11) is 0. The number of nitrogens with two attached hydrogens (primary N) is 1. The van der Waals surface area contributed by atoms with Crippen molar-refractivity contribution in [2.24, 2.45) is 5.73 Å². The standard InChI is InChI=1S/C18H30N4O/c1-14(2)21-9-11-22(12-10-21)16-7-5-15(6-8-16)17(23)20-13-18(3,4)19/h5-8,14H,9-13,19H2,1-4H3,(H,20,23). The molecule has 2 rings (SSSR count). The molecular formula is C18H30N4O. The van der Waals surface area contributed by atoms with Gasteiger partial charge in [0.05, 0.1) is 0 Å². The van der Waals surface area contributed by atoms with E-state index in [4.69, 9.17) is 5.73 Å². The van der Waals surface area contributed by atoms with Crippen LogP contribution in [0.3, 0.4) is 0 Å². The lowest BCUT2D eigenvalue weighted by Gasteiger charge is -2.38. The molecule has 5 heteroatoms. The van der Waals surface area contributed by atoms with Crippen LogP contribution >= 0.6 is 0 Å². The van der Waals surface area contributed by atoms with Gasteiger partial charge in [0.15, 0.2) is 0 Å². The molecule has 1 saturated heterocycles. The number of hydrogen-bond donors (Lipinski definition) is 2. The van der Waals surface area contributed by atoms with Crippen molar-refractivity contribution >= 4 is 11.6 Å². The predicted molar refractivity (Wildman–Crippen MR) is 96.0 cm³/mol. The second kappa shape index (κ2) is 7.32. The van der Waals surface area contributed by atoms with Crippen molar-refractivity contribution in [3.63, 3.8) is 0 Å². The molecule has 0 radical (unpaired) electrons. The van der Waals surface area contributed by atoms with Gasteiger partial charge in [0.2, 0.25) is 0 Å². The van der Waals surface area contributed by atoms with Crippen molar-refractivity contribution in [2.45, 2.75) is 39.3 Å². The quantitative estimate of drug-likeness (QED) is 0.867. The van der Waals surface area contributed by atoms with E-state index in [0.29, 0.717) is 18.2 Å². The van der Waals surface area contributed by atoms with Gasteiger partial charge in [-0.3, -0.25) is 9.69 Å². The zero-order valence-electron chi connectivity index (χ0n) is 14.8. The van der Waals surface area contributed by atoms with Gasteiger partial charge in [-0.1, -0.05) is 0 Å². The molecule has 5 nitrogen and oxygen atoms in total. The SMILES string of the molecule is CC(C)N1CCN(c2ccc(C(=O)NCC(C)(C)N)cc2)CC1. The summed E-state index contributed by atoms with van der Waals surface area (Å²) in [5, 5.41) is 2.87. The summed E-state index contributed by atoms with van der Waals surface area (Å²) in [6.07, 6.45) is 0. The molecule has 23 heavy (non-hydrogen) atoms. The topological polar surface area (TPSA) is 61.6 Å². The van der Waals surface area contributed by atoms with Crippen LogP contribution in [-0.2, 0) is 0 Å². The minimum absolute atomic E-state index is 0.0697. The highest BCUT2D eigenvalue weighted by atomic mass is 16.1. The van der Waals surface area contributed by atoms with Crippen LogP contribution in [0.4, 0.5) is 5.69 Å². The van der Waals surface area contributed by atoms with E-state index in [9.17, 15) is 4.79 Å². The Morgan fingerprint density at radius 1 is 1.17 bits per heavy atom. The first-order chi connectivity index (χ1) is 10.8.